The van der Waals surface area contributed by atoms with Gasteiger partial charge in [-0.3, -0.25) is 4.98 Å². The highest BCUT2D eigenvalue weighted by Gasteiger charge is 2.07. The lowest BCUT2D eigenvalue weighted by Gasteiger charge is -2.06. The van der Waals surface area contributed by atoms with Crippen molar-refractivity contribution in [3.63, 3.8) is 0 Å². The predicted octanol–water partition coefficient (Wildman–Crippen LogP) is 1.30. The van der Waals surface area contributed by atoms with Crippen LogP contribution >= 0.6 is 0 Å². The number of ether oxygens (including phenoxy) is 1. The average Bonchev–Trinajstić information content (AvgIpc) is 2.40. The second-order valence-electron chi connectivity index (χ2n) is 3.59. The Hall–Kier alpha value is -2.24. The van der Waals surface area contributed by atoms with Crippen molar-refractivity contribution in [2.75, 3.05) is 19.0 Å². The zero-order chi connectivity index (χ0) is 12.8. The topological polar surface area (TPSA) is 72.8 Å². The highest BCUT2D eigenvalue weighted by atomic mass is 16.5. The molecular weight excluding hydrogens is 230 g/mol. The Morgan fingerprint density at radius 2 is 2.11 bits per heavy atom. The van der Waals surface area contributed by atoms with Crippen molar-refractivity contribution < 1.29 is 4.74 Å². The molecule has 2 aromatic heterocycles. The van der Waals surface area contributed by atoms with Crippen LogP contribution < -0.4 is 10.1 Å². The normalized spacial score (nSPS) is 10.1. The molecule has 0 fully saturated rings. The van der Waals surface area contributed by atoms with E-state index in [-0.39, 0.29) is 0 Å². The maximum absolute atomic E-state index is 5.06. The lowest BCUT2D eigenvalue weighted by molar-refractivity contribution is 0.376. The Kier molecular flexibility index (Phi) is 4.01. The maximum Gasteiger partial charge on any atom is 0.321 e. The van der Waals surface area contributed by atoms with Crippen molar-refractivity contribution in [3.8, 4) is 6.01 Å². The SMILES string of the molecule is CCNc1nc(Cc2ccccn2)nc(OC)n1. The van der Waals surface area contributed by atoms with Gasteiger partial charge >= 0.3 is 6.01 Å². The lowest BCUT2D eigenvalue weighted by Crippen LogP contribution is -2.08. The van der Waals surface area contributed by atoms with Gasteiger partial charge in [0.05, 0.1) is 13.5 Å². The predicted molar refractivity (Wildman–Crippen MR) is 67.6 cm³/mol. The molecule has 94 valence electrons. The first-order chi connectivity index (χ1) is 8.81. The molecule has 18 heavy (non-hydrogen) atoms. The third-order valence-electron chi connectivity index (χ3n) is 2.24. The number of anilines is 1. The molecule has 6 nitrogen and oxygen atoms in total. The summed E-state index contributed by atoms with van der Waals surface area (Å²) in [6.45, 7) is 2.73. The van der Waals surface area contributed by atoms with Crippen LogP contribution in [0, 0.1) is 0 Å². The summed E-state index contributed by atoms with van der Waals surface area (Å²) in [6, 6.07) is 6.06. The molecule has 0 aliphatic heterocycles. The number of hydrogen-bond donors (Lipinski definition) is 1. The molecule has 0 spiro atoms. The molecule has 0 amide bonds. The van der Waals surface area contributed by atoms with E-state index in [1.807, 2.05) is 25.1 Å². The fourth-order valence-corrected chi connectivity index (χ4v) is 1.47. The number of methoxy groups -OCH3 is 1. The van der Waals surface area contributed by atoms with Crippen molar-refractivity contribution in [1.29, 1.82) is 0 Å². The van der Waals surface area contributed by atoms with Gasteiger partial charge in [0.2, 0.25) is 5.95 Å². The maximum atomic E-state index is 5.06. The van der Waals surface area contributed by atoms with Crippen LogP contribution in [-0.4, -0.2) is 33.6 Å². The van der Waals surface area contributed by atoms with Crippen molar-refractivity contribution in [2.24, 2.45) is 0 Å². The molecule has 0 saturated heterocycles. The van der Waals surface area contributed by atoms with E-state index in [1.165, 1.54) is 7.11 Å². The molecular formula is C12H15N5O. The minimum atomic E-state index is 0.312. The first-order valence-corrected chi connectivity index (χ1v) is 5.74. The second kappa shape index (κ2) is 5.90. The van der Waals surface area contributed by atoms with E-state index in [0.29, 0.717) is 24.2 Å². The van der Waals surface area contributed by atoms with E-state index in [0.717, 1.165) is 12.2 Å². The zero-order valence-corrected chi connectivity index (χ0v) is 10.4. The molecule has 0 radical (unpaired) electrons. The number of pyridine rings is 1. The van der Waals surface area contributed by atoms with Gasteiger partial charge in [0.15, 0.2) is 0 Å². The summed E-state index contributed by atoms with van der Waals surface area (Å²) in [7, 11) is 1.54. The van der Waals surface area contributed by atoms with E-state index >= 15 is 0 Å². The summed E-state index contributed by atoms with van der Waals surface area (Å²) in [6.07, 6.45) is 2.30. The highest BCUT2D eigenvalue weighted by molar-refractivity contribution is 5.26. The van der Waals surface area contributed by atoms with E-state index in [9.17, 15) is 0 Å². The largest absolute Gasteiger partial charge is 0.467 e. The van der Waals surface area contributed by atoms with Gasteiger partial charge < -0.3 is 10.1 Å². The highest BCUT2D eigenvalue weighted by Crippen LogP contribution is 2.09. The minimum absolute atomic E-state index is 0.312. The van der Waals surface area contributed by atoms with Crippen LogP contribution in [0.5, 0.6) is 6.01 Å². The van der Waals surface area contributed by atoms with E-state index < -0.39 is 0 Å². The Morgan fingerprint density at radius 1 is 1.22 bits per heavy atom. The van der Waals surface area contributed by atoms with E-state index in [4.69, 9.17) is 4.74 Å². The average molecular weight is 245 g/mol. The molecule has 6 heteroatoms. The number of hydrogen-bond acceptors (Lipinski definition) is 6. The van der Waals surface area contributed by atoms with Gasteiger partial charge in [-0.15, -0.1) is 0 Å². The molecule has 0 saturated carbocycles. The number of rotatable bonds is 5. The Morgan fingerprint density at radius 3 is 2.78 bits per heavy atom. The molecule has 2 aromatic rings. The van der Waals surface area contributed by atoms with Crippen molar-refractivity contribution >= 4 is 5.95 Å². The van der Waals surface area contributed by atoms with Crippen LogP contribution in [0.15, 0.2) is 24.4 Å². The molecule has 1 N–H and O–H groups in total. The van der Waals surface area contributed by atoms with Crippen LogP contribution in [0.25, 0.3) is 0 Å². The van der Waals surface area contributed by atoms with Gasteiger partial charge in [0.25, 0.3) is 0 Å². The fraction of sp³-hybridized carbons (Fsp3) is 0.333. The summed E-state index contributed by atoms with van der Waals surface area (Å²) in [5.74, 6) is 1.16. The van der Waals surface area contributed by atoms with Gasteiger partial charge in [-0.1, -0.05) is 6.07 Å². The van der Waals surface area contributed by atoms with Crippen LogP contribution in [-0.2, 0) is 6.42 Å². The van der Waals surface area contributed by atoms with Gasteiger partial charge in [0, 0.05) is 18.4 Å². The van der Waals surface area contributed by atoms with Crippen LogP contribution in [0.2, 0.25) is 0 Å². The summed E-state index contributed by atoms with van der Waals surface area (Å²) >= 11 is 0. The van der Waals surface area contributed by atoms with Crippen molar-refractivity contribution in [3.05, 3.63) is 35.9 Å². The second-order valence-corrected chi connectivity index (χ2v) is 3.59. The Bertz CT molecular complexity index is 503. The van der Waals surface area contributed by atoms with Gasteiger partial charge in [-0.05, 0) is 19.1 Å². The minimum Gasteiger partial charge on any atom is -0.467 e. The fourth-order valence-electron chi connectivity index (χ4n) is 1.47. The summed E-state index contributed by atoms with van der Waals surface area (Å²) < 4.78 is 5.06. The first kappa shape index (κ1) is 12.2. The van der Waals surface area contributed by atoms with Gasteiger partial charge in [-0.25, -0.2) is 0 Å². The molecule has 2 heterocycles. The summed E-state index contributed by atoms with van der Waals surface area (Å²) in [5.41, 5.74) is 0.910. The van der Waals surface area contributed by atoms with Crippen LogP contribution in [0.3, 0.4) is 0 Å². The number of nitrogens with zero attached hydrogens (tertiary/aromatic N) is 4. The van der Waals surface area contributed by atoms with Crippen LogP contribution in [0.4, 0.5) is 5.95 Å². The lowest BCUT2D eigenvalue weighted by atomic mass is 10.2. The number of aromatic nitrogens is 4. The third kappa shape index (κ3) is 3.13. The monoisotopic (exact) mass is 245 g/mol. The van der Waals surface area contributed by atoms with E-state index in [1.54, 1.807) is 6.20 Å². The smallest absolute Gasteiger partial charge is 0.321 e. The zero-order valence-electron chi connectivity index (χ0n) is 10.4. The molecule has 0 atom stereocenters. The van der Waals surface area contributed by atoms with E-state index in [2.05, 4.69) is 25.3 Å². The Balaban J connectivity index is 2.24. The standard InChI is InChI=1S/C12H15N5O/c1-3-13-11-15-10(16-12(17-11)18-2)8-9-6-4-5-7-14-9/h4-7H,3,8H2,1-2H3,(H,13,15,16,17). The molecule has 0 aliphatic carbocycles. The Labute approximate surface area is 105 Å². The number of nitrogens with one attached hydrogen (secondary N) is 1. The molecule has 0 aromatic carbocycles. The van der Waals surface area contributed by atoms with Gasteiger partial charge in [-0.2, -0.15) is 15.0 Å². The molecule has 0 aliphatic rings. The third-order valence-corrected chi connectivity index (χ3v) is 2.24. The summed E-state index contributed by atoms with van der Waals surface area (Å²) in [4.78, 5) is 16.9. The molecule has 0 bridgehead atoms. The summed E-state index contributed by atoms with van der Waals surface area (Å²) in [5, 5.41) is 3.05. The molecule has 2 rings (SSSR count). The van der Waals surface area contributed by atoms with Crippen molar-refractivity contribution in [2.45, 2.75) is 13.3 Å². The van der Waals surface area contributed by atoms with Gasteiger partial charge in [0.1, 0.15) is 5.82 Å². The van der Waals surface area contributed by atoms with Crippen molar-refractivity contribution in [1.82, 2.24) is 19.9 Å². The first-order valence-electron chi connectivity index (χ1n) is 5.74. The molecule has 0 unspecified atom stereocenters. The quantitative estimate of drug-likeness (QED) is 0.856. The van der Waals surface area contributed by atoms with Crippen LogP contribution in [0.1, 0.15) is 18.4 Å².